The molecule has 68 valence electrons. The van der Waals surface area contributed by atoms with Crippen molar-refractivity contribution >= 4 is 13.2 Å². The van der Waals surface area contributed by atoms with Crippen LogP contribution in [-0.2, 0) is 0 Å². The second-order valence-corrected chi connectivity index (χ2v) is 3.02. The van der Waals surface area contributed by atoms with E-state index < -0.39 is 0 Å². The van der Waals surface area contributed by atoms with Crippen LogP contribution in [0.2, 0.25) is 0 Å². The Hall–Kier alpha value is -1.96. The van der Waals surface area contributed by atoms with E-state index in [1.807, 2.05) is 24.3 Å². The van der Waals surface area contributed by atoms with Gasteiger partial charge in [0.2, 0.25) is 0 Å². The number of nitrogens with zero attached hydrogens (tertiary/aromatic N) is 2. The van der Waals surface area contributed by atoms with Gasteiger partial charge in [0.05, 0.1) is 10.7 Å². The van der Waals surface area contributed by atoms with E-state index in [-0.39, 0.29) is 0 Å². The molecule has 2 heteroatoms. The van der Waals surface area contributed by atoms with Gasteiger partial charge in [-0.3, -0.25) is 9.97 Å². The van der Waals surface area contributed by atoms with Crippen LogP contribution in [0.25, 0.3) is 13.2 Å². The Morgan fingerprint density at radius 3 is 1.57 bits per heavy atom. The first-order chi connectivity index (χ1) is 6.79. The largest absolute Gasteiger partial charge is 0.254 e. The summed E-state index contributed by atoms with van der Waals surface area (Å²) in [6.45, 7) is 7.82. The second-order valence-electron chi connectivity index (χ2n) is 3.02. The van der Waals surface area contributed by atoms with Crippen molar-refractivity contribution in [3.63, 3.8) is 0 Å². The van der Waals surface area contributed by atoms with Gasteiger partial charge in [-0.25, -0.2) is 0 Å². The molecule has 0 N–H and O–H groups in total. The van der Waals surface area contributed by atoms with Gasteiger partial charge >= 0.3 is 0 Å². The van der Waals surface area contributed by atoms with Gasteiger partial charge in [0.15, 0.2) is 0 Å². The van der Waals surface area contributed by atoms with Crippen molar-refractivity contribution in [1.82, 2.24) is 9.97 Å². The van der Waals surface area contributed by atoms with E-state index in [4.69, 9.17) is 0 Å². The van der Waals surface area contributed by atoms with Crippen LogP contribution in [0, 0.1) is 10.7 Å². The Balaban J connectivity index is 3.15. The molecular weight excluding hydrogens is 172 g/mol. The topological polar surface area (TPSA) is 25.8 Å². The zero-order chi connectivity index (χ0) is 9.97. The summed E-state index contributed by atoms with van der Waals surface area (Å²) in [5, 5.41) is 3.35. The van der Waals surface area contributed by atoms with Gasteiger partial charge in [0.25, 0.3) is 0 Å². The smallest absolute Gasteiger partial charge is 0.0958 e. The molecule has 2 nitrogen and oxygen atoms in total. The van der Waals surface area contributed by atoms with Crippen molar-refractivity contribution in [2.45, 2.75) is 0 Å². The monoisotopic (exact) mass is 182 g/mol. The fourth-order valence-electron chi connectivity index (χ4n) is 1.30. The number of hydrogen-bond donors (Lipinski definition) is 0. The number of rotatable bonds is 0. The minimum Gasteiger partial charge on any atom is -0.254 e. The van der Waals surface area contributed by atoms with Gasteiger partial charge in [-0.15, -0.1) is 0 Å². The molecule has 0 aliphatic heterocycles. The molecule has 2 aromatic rings. The normalized spacial score (nSPS) is 12.6. The molecule has 0 fully saturated rings. The maximum Gasteiger partial charge on any atom is 0.0958 e. The molecule has 2 aromatic heterocycles. The third kappa shape index (κ3) is 1.42. The van der Waals surface area contributed by atoms with Crippen LogP contribution in [-0.4, -0.2) is 9.97 Å². The summed E-state index contributed by atoms with van der Waals surface area (Å²) in [6.07, 6.45) is 3.47. The lowest BCUT2D eigenvalue weighted by Gasteiger charge is -1.89. The highest BCUT2D eigenvalue weighted by atomic mass is 14.7. The van der Waals surface area contributed by atoms with Gasteiger partial charge in [0, 0.05) is 12.4 Å². The van der Waals surface area contributed by atoms with Crippen LogP contribution in [0.4, 0.5) is 0 Å². The standard InChI is InChI=1S/C12H10N2/c1-9-5-3-7-13-11(9)12-10(2)6-4-8-14-12/h3-8H,1-2H2/b12-11-. The van der Waals surface area contributed by atoms with E-state index in [1.54, 1.807) is 12.4 Å². The van der Waals surface area contributed by atoms with Crippen molar-refractivity contribution in [2.75, 3.05) is 0 Å². The molecule has 0 atom stereocenters. The van der Waals surface area contributed by atoms with Gasteiger partial charge in [-0.2, -0.15) is 0 Å². The Bertz CT molecular complexity index is 574. The fraction of sp³-hybridized carbons (Fsp3) is 0. The summed E-state index contributed by atoms with van der Waals surface area (Å²) >= 11 is 0. The third-order valence-corrected chi connectivity index (χ3v) is 2.01. The van der Waals surface area contributed by atoms with Crippen LogP contribution in [0.5, 0.6) is 0 Å². The molecule has 0 aliphatic rings. The molecule has 0 saturated heterocycles. The van der Waals surface area contributed by atoms with Crippen molar-refractivity contribution in [3.05, 3.63) is 57.8 Å². The molecule has 0 saturated carbocycles. The molecule has 2 rings (SSSR count). The molecule has 0 radical (unpaired) electrons. The lowest BCUT2D eigenvalue weighted by molar-refractivity contribution is 1.12. The highest BCUT2D eigenvalue weighted by molar-refractivity contribution is 5.13. The molecule has 0 amide bonds. The zero-order valence-corrected chi connectivity index (χ0v) is 7.77. The second kappa shape index (κ2) is 3.42. The highest BCUT2D eigenvalue weighted by Crippen LogP contribution is 1.79. The molecule has 0 aromatic carbocycles. The first kappa shape index (κ1) is 8.63. The van der Waals surface area contributed by atoms with E-state index in [1.165, 1.54) is 0 Å². The Morgan fingerprint density at radius 1 is 0.786 bits per heavy atom. The van der Waals surface area contributed by atoms with Gasteiger partial charge in [-0.1, -0.05) is 25.3 Å². The summed E-state index contributed by atoms with van der Waals surface area (Å²) in [5.41, 5.74) is 0. The molecule has 0 unspecified atom stereocenters. The van der Waals surface area contributed by atoms with Crippen LogP contribution in [0.15, 0.2) is 36.7 Å². The summed E-state index contributed by atoms with van der Waals surface area (Å²) in [5.74, 6) is 0. The lowest BCUT2D eigenvalue weighted by atomic mass is 10.3. The van der Waals surface area contributed by atoms with Crippen molar-refractivity contribution < 1.29 is 0 Å². The minimum atomic E-state index is 0.804. The predicted molar refractivity (Wildman–Crippen MR) is 56.4 cm³/mol. The van der Waals surface area contributed by atoms with Crippen LogP contribution in [0.1, 0.15) is 0 Å². The number of aromatic nitrogens is 2. The van der Waals surface area contributed by atoms with E-state index in [9.17, 15) is 0 Å². The minimum absolute atomic E-state index is 0.804. The molecule has 0 spiro atoms. The van der Waals surface area contributed by atoms with Crippen molar-refractivity contribution in [3.8, 4) is 0 Å². The molecular formula is C12H10N2. The molecule has 0 bridgehead atoms. The summed E-state index contributed by atoms with van der Waals surface area (Å²) in [7, 11) is 0. The first-order valence-corrected chi connectivity index (χ1v) is 4.33. The summed E-state index contributed by atoms with van der Waals surface area (Å²) < 4.78 is 0. The highest BCUT2D eigenvalue weighted by Gasteiger charge is 1.87. The van der Waals surface area contributed by atoms with Crippen LogP contribution < -0.4 is 10.4 Å². The maximum absolute atomic E-state index is 4.24. The Labute approximate surface area is 81.6 Å². The third-order valence-electron chi connectivity index (χ3n) is 2.01. The zero-order valence-electron chi connectivity index (χ0n) is 7.77. The predicted octanol–water partition coefficient (Wildman–Crippen LogP) is 0.584. The van der Waals surface area contributed by atoms with Crippen molar-refractivity contribution in [1.29, 1.82) is 0 Å². The Morgan fingerprint density at radius 2 is 1.21 bits per heavy atom. The average molecular weight is 182 g/mol. The van der Waals surface area contributed by atoms with E-state index in [2.05, 4.69) is 23.1 Å². The molecule has 0 aliphatic carbocycles. The number of hydrogen-bond acceptors (Lipinski definition) is 2. The van der Waals surface area contributed by atoms with E-state index >= 15 is 0 Å². The SMILES string of the molecule is C=c1cccn/c1=c1\ncccc1=C. The van der Waals surface area contributed by atoms with Crippen LogP contribution >= 0.6 is 0 Å². The number of pyridine rings is 2. The molecule has 14 heavy (non-hydrogen) atoms. The Kier molecular flexibility index (Phi) is 2.11. The van der Waals surface area contributed by atoms with Gasteiger partial charge in [0.1, 0.15) is 0 Å². The first-order valence-electron chi connectivity index (χ1n) is 4.33. The van der Waals surface area contributed by atoms with E-state index in [0.29, 0.717) is 0 Å². The van der Waals surface area contributed by atoms with Gasteiger partial charge < -0.3 is 0 Å². The van der Waals surface area contributed by atoms with Gasteiger partial charge in [-0.05, 0) is 22.6 Å². The lowest BCUT2D eigenvalue weighted by Crippen LogP contribution is -2.09. The molecule has 2 heterocycles. The maximum atomic E-state index is 4.24. The summed E-state index contributed by atoms with van der Waals surface area (Å²) in [4.78, 5) is 8.49. The van der Waals surface area contributed by atoms with Crippen molar-refractivity contribution in [2.24, 2.45) is 0 Å². The quantitative estimate of drug-likeness (QED) is 0.595. The fourth-order valence-corrected chi connectivity index (χ4v) is 1.30. The van der Waals surface area contributed by atoms with E-state index in [0.717, 1.165) is 21.1 Å². The van der Waals surface area contributed by atoms with Crippen LogP contribution in [0.3, 0.4) is 0 Å². The summed E-state index contributed by atoms with van der Waals surface area (Å²) in [6, 6.07) is 7.54. The average Bonchev–Trinajstić information content (AvgIpc) is 2.20.